The first-order valence-corrected chi connectivity index (χ1v) is 20.5. The maximum Gasteiger partial charge on any atom is 0.135 e. The monoisotopic (exact) mass is 972 g/mol. The second kappa shape index (κ2) is 15.9. The number of anilines is 4. The second-order valence-electron chi connectivity index (χ2n) is 17.0. The molecule has 61 heavy (non-hydrogen) atoms. The quantitative estimate of drug-likeness (QED) is 0.142. The van der Waals surface area contributed by atoms with Crippen molar-refractivity contribution in [2.45, 2.75) is 45.4 Å². The minimum Gasteiger partial charge on any atom is -0.509 e. The summed E-state index contributed by atoms with van der Waals surface area (Å²) in [4.78, 5) is 9.36. The Bertz CT molecular complexity index is 3020. The molecule has 10 rings (SSSR count). The molecule has 9 aromatic rings. The summed E-state index contributed by atoms with van der Waals surface area (Å²) in [5.41, 5.74) is 11.9. The molecule has 0 bridgehead atoms. The summed E-state index contributed by atoms with van der Waals surface area (Å²) in [6.07, 6.45) is 1.90. The van der Waals surface area contributed by atoms with E-state index in [0.717, 1.165) is 61.5 Å². The first-order valence-electron chi connectivity index (χ1n) is 20.5. The van der Waals surface area contributed by atoms with Crippen molar-refractivity contribution in [3.63, 3.8) is 0 Å². The standard InChI is InChI=1S/C55H45N4O.Pt/c1-54(2,3)40-31-32-56-53(34-40)59-48-24-13-12-23-46(48)47-30-28-44(36-52(47)59)60-43-22-16-21-42(35-43)57-37-58(50-26-15-14-25-49(50)57)51-33-41(55(4,5)39-19-10-7-11-20-39)27-29-45(51)38-17-8-6-9-18-38;/h6-34,37H,1-5H3;/q-3;. The van der Waals surface area contributed by atoms with Crippen LogP contribution in [0.25, 0.3) is 38.8 Å². The molecule has 0 N–H and O–H groups in total. The molecule has 0 fully saturated rings. The fourth-order valence-electron chi connectivity index (χ4n) is 8.43. The van der Waals surface area contributed by atoms with Crippen LogP contribution in [0.15, 0.2) is 176 Å². The first-order chi connectivity index (χ1) is 29.1. The number of pyridine rings is 1. The number of hydrogen-bond acceptors (Lipinski definition) is 4. The number of fused-ring (bicyclic) bond motifs is 4. The predicted molar refractivity (Wildman–Crippen MR) is 247 cm³/mol. The first kappa shape index (κ1) is 40.0. The van der Waals surface area contributed by atoms with Gasteiger partial charge in [0.1, 0.15) is 5.82 Å². The largest absolute Gasteiger partial charge is 0.509 e. The molecule has 0 atom stereocenters. The fraction of sp³-hybridized carbons (Fsp3) is 0.127. The topological polar surface area (TPSA) is 33.5 Å². The summed E-state index contributed by atoms with van der Waals surface area (Å²) < 4.78 is 8.82. The van der Waals surface area contributed by atoms with Gasteiger partial charge in [-0.25, -0.2) is 4.98 Å². The molecular formula is C55H45N4OPt-3. The zero-order chi connectivity index (χ0) is 41.0. The SMILES string of the molecule is CC(C)(C)c1ccnc(-n2c3[c-]c(Oc4[c-]c(N5[CH-]N(c6cc(C(C)(C)c7ccccc7)ccc6-c6ccccc6)c6ccccc65)ccc4)ccc3c3ccccc32)c1.[Pt]. The number of para-hydroxylation sites is 3. The van der Waals surface area contributed by atoms with Gasteiger partial charge in [-0.1, -0.05) is 143 Å². The van der Waals surface area contributed by atoms with Crippen molar-refractivity contribution in [1.82, 2.24) is 9.55 Å². The van der Waals surface area contributed by atoms with E-state index >= 15 is 0 Å². The van der Waals surface area contributed by atoms with E-state index in [1.165, 1.54) is 16.7 Å². The molecule has 7 aromatic carbocycles. The molecule has 1 aliphatic heterocycles. The van der Waals surface area contributed by atoms with E-state index < -0.39 is 0 Å². The summed E-state index contributed by atoms with van der Waals surface area (Å²) in [5, 5.41) is 2.23. The molecule has 0 aliphatic carbocycles. The number of ether oxygens (including phenoxy) is 1. The Morgan fingerprint density at radius 3 is 2.00 bits per heavy atom. The molecule has 2 aromatic heterocycles. The Morgan fingerprint density at radius 2 is 1.23 bits per heavy atom. The van der Waals surface area contributed by atoms with Crippen molar-refractivity contribution < 1.29 is 25.8 Å². The van der Waals surface area contributed by atoms with Crippen molar-refractivity contribution >= 4 is 44.6 Å². The van der Waals surface area contributed by atoms with Crippen LogP contribution in [-0.2, 0) is 31.9 Å². The maximum atomic E-state index is 6.62. The molecule has 0 saturated carbocycles. The van der Waals surface area contributed by atoms with Gasteiger partial charge in [-0.2, -0.15) is 12.1 Å². The fourth-order valence-corrected chi connectivity index (χ4v) is 8.43. The number of nitrogens with zero attached hydrogens (tertiary/aromatic N) is 4. The zero-order valence-corrected chi connectivity index (χ0v) is 37.1. The van der Waals surface area contributed by atoms with Crippen LogP contribution < -0.4 is 14.5 Å². The molecule has 0 spiro atoms. The Balaban J connectivity index is 0.00000476. The predicted octanol–water partition coefficient (Wildman–Crippen LogP) is 14.3. The van der Waals surface area contributed by atoms with Gasteiger partial charge in [0.25, 0.3) is 0 Å². The number of hydrogen-bond donors (Lipinski definition) is 0. The summed E-state index contributed by atoms with van der Waals surface area (Å²) in [6.45, 7) is 13.5. The van der Waals surface area contributed by atoms with Crippen molar-refractivity contribution in [2.75, 3.05) is 9.80 Å². The molecule has 5 nitrogen and oxygen atoms in total. The van der Waals surface area contributed by atoms with Gasteiger partial charge in [0.15, 0.2) is 0 Å². The number of rotatable bonds is 8. The molecule has 304 valence electrons. The van der Waals surface area contributed by atoms with E-state index in [1.54, 1.807) is 0 Å². The summed E-state index contributed by atoms with van der Waals surface area (Å²) in [5.74, 6) is 2.05. The van der Waals surface area contributed by atoms with Crippen LogP contribution in [0.3, 0.4) is 0 Å². The van der Waals surface area contributed by atoms with E-state index in [1.807, 2.05) is 24.4 Å². The van der Waals surface area contributed by atoms with Crippen molar-refractivity contribution in [3.8, 4) is 28.4 Å². The zero-order valence-electron chi connectivity index (χ0n) is 34.8. The molecular weight excluding hydrogens is 928 g/mol. The van der Waals surface area contributed by atoms with E-state index in [0.29, 0.717) is 11.5 Å². The Hall–Kier alpha value is -6.42. The second-order valence-corrected chi connectivity index (χ2v) is 17.0. The van der Waals surface area contributed by atoms with Gasteiger partial charge < -0.3 is 19.1 Å². The average molecular weight is 973 g/mol. The van der Waals surface area contributed by atoms with Crippen LogP contribution in [-0.4, -0.2) is 9.55 Å². The molecule has 0 saturated heterocycles. The number of benzene rings is 7. The van der Waals surface area contributed by atoms with Crippen molar-refractivity contribution in [3.05, 3.63) is 212 Å². The summed E-state index contributed by atoms with van der Waals surface area (Å²) in [6, 6.07) is 67.0. The molecule has 3 heterocycles. The van der Waals surface area contributed by atoms with Gasteiger partial charge in [-0.15, -0.1) is 48.1 Å². The number of aromatic nitrogens is 2. The van der Waals surface area contributed by atoms with Crippen LogP contribution in [0.2, 0.25) is 0 Å². The van der Waals surface area contributed by atoms with Crippen LogP contribution in [0, 0.1) is 18.8 Å². The van der Waals surface area contributed by atoms with Crippen LogP contribution in [0.5, 0.6) is 11.5 Å². The molecule has 0 amide bonds. The van der Waals surface area contributed by atoms with Gasteiger partial charge >= 0.3 is 0 Å². The third-order valence-electron chi connectivity index (χ3n) is 11.8. The van der Waals surface area contributed by atoms with Crippen LogP contribution in [0.1, 0.15) is 51.3 Å². The van der Waals surface area contributed by atoms with Crippen LogP contribution >= 0.6 is 0 Å². The Morgan fingerprint density at radius 1 is 0.541 bits per heavy atom. The van der Waals surface area contributed by atoms with E-state index in [9.17, 15) is 0 Å². The van der Waals surface area contributed by atoms with E-state index in [4.69, 9.17) is 9.72 Å². The van der Waals surface area contributed by atoms with E-state index in [2.05, 4.69) is 219 Å². The van der Waals surface area contributed by atoms with Crippen LogP contribution in [0.4, 0.5) is 22.7 Å². The molecule has 0 unspecified atom stereocenters. The van der Waals surface area contributed by atoms with Gasteiger partial charge in [-0.05, 0) is 69.5 Å². The smallest absolute Gasteiger partial charge is 0.135 e. The van der Waals surface area contributed by atoms with Gasteiger partial charge in [0.05, 0.1) is 0 Å². The van der Waals surface area contributed by atoms with Gasteiger partial charge in [-0.3, -0.25) is 0 Å². The van der Waals surface area contributed by atoms with E-state index in [-0.39, 0.29) is 31.9 Å². The summed E-state index contributed by atoms with van der Waals surface area (Å²) in [7, 11) is 0. The van der Waals surface area contributed by atoms with Gasteiger partial charge in [0, 0.05) is 72.3 Å². The normalized spacial score (nSPS) is 12.7. The molecule has 0 radical (unpaired) electrons. The Kier molecular flexibility index (Phi) is 10.4. The third kappa shape index (κ3) is 7.32. The molecule has 6 heteroatoms. The summed E-state index contributed by atoms with van der Waals surface area (Å²) >= 11 is 0. The maximum absolute atomic E-state index is 6.62. The van der Waals surface area contributed by atoms with Crippen molar-refractivity contribution in [2.24, 2.45) is 0 Å². The molecule has 1 aliphatic rings. The third-order valence-corrected chi connectivity index (χ3v) is 11.8. The average Bonchev–Trinajstić information content (AvgIpc) is 3.83. The van der Waals surface area contributed by atoms with Crippen molar-refractivity contribution in [1.29, 1.82) is 0 Å². The minimum atomic E-state index is -0.217. The minimum absolute atomic E-state index is 0. The van der Waals surface area contributed by atoms with Gasteiger partial charge in [0.2, 0.25) is 0 Å². The Labute approximate surface area is 373 Å².